The zero-order valence-electron chi connectivity index (χ0n) is 43.6. The normalized spacial score (nSPS) is 33.0. The Labute approximate surface area is 406 Å². The monoisotopic (exact) mass is 939 g/mol. The van der Waals surface area contributed by atoms with Gasteiger partial charge in [-0.15, -0.1) is 0 Å². The van der Waals surface area contributed by atoms with Crippen molar-refractivity contribution < 1.29 is 47.6 Å². The van der Waals surface area contributed by atoms with Gasteiger partial charge in [-0.1, -0.05) is 136 Å². The average molecular weight is 939 g/mol. The molecule has 0 amide bonds. The fourth-order valence-electron chi connectivity index (χ4n) is 13.6. The summed E-state index contributed by atoms with van der Waals surface area (Å²) in [6.45, 7) is 18.1. The molecule has 10 heteroatoms. The smallest absolute Gasteiger partial charge is 0.305 e. The number of fused-ring (bicyclic) bond motifs is 5. The quantitative estimate of drug-likeness (QED) is 0.0340. The Bertz CT molecular complexity index is 1620. The molecule has 4 fully saturated rings. The largest absolute Gasteiger partial charge is 0.463 e. The van der Waals surface area contributed by atoms with Gasteiger partial charge >= 0.3 is 23.9 Å². The second-order valence-corrected chi connectivity index (χ2v) is 22.6. The number of carbonyl (C=O) groups is 4. The molecule has 0 radical (unpaired) electrons. The number of rotatable bonds is 27. The molecule has 67 heavy (non-hydrogen) atoms. The molecule has 0 aromatic heterocycles. The molecule has 1 saturated heterocycles. The van der Waals surface area contributed by atoms with Gasteiger partial charge in [-0.3, -0.25) is 19.2 Å². The second-order valence-electron chi connectivity index (χ2n) is 22.6. The van der Waals surface area contributed by atoms with Crippen molar-refractivity contribution in [3.8, 4) is 0 Å². The maximum Gasteiger partial charge on any atom is 0.305 e. The van der Waals surface area contributed by atoms with Gasteiger partial charge in [0, 0.05) is 27.2 Å². The Kier molecular flexibility index (Phi) is 22.3. The molecule has 0 N–H and O–H groups in total. The minimum absolute atomic E-state index is 0.0925. The lowest BCUT2D eigenvalue weighted by atomic mass is 9.47. The average Bonchev–Trinajstić information content (AvgIpc) is 3.63. The van der Waals surface area contributed by atoms with Crippen molar-refractivity contribution in [2.75, 3.05) is 6.61 Å². The van der Waals surface area contributed by atoms with Gasteiger partial charge in [-0.25, -0.2) is 0 Å². The highest BCUT2D eigenvalue weighted by atomic mass is 16.7. The van der Waals surface area contributed by atoms with Gasteiger partial charge < -0.3 is 28.4 Å². The first kappa shape index (κ1) is 55.2. The molecule has 3 saturated carbocycles. The van der Waals surface area contributed by atoms with Crippen molar-refractivity contribution in [3.63, 3.8) is 0 Å². The van der Waals surface area contributed by atoms with Crippen molar-refractivity contribution in [3.05, 3.63) is 23.8 Å². The van der Waals surface area contributed by atoms with E-state index in [9.17, 15) is 19.2 Å². The van der Waals surface area contributed by atoms with Crippen LogP contribution in [0.25, 0.3) is 0 Å². The van der Waals surface area contributed by atoms with Crippen LogP contribution in [0.1, 0.15) is 223 Å². The van der Waals surface area contributed by atoms with Crippen LogP contribution < -0.4 is 0 Å². The summed E-state index contributed by atoms with van der Waals surface area (Å²) in [6.07, 6.45) is 29.4. The van der Waals surface area contributed by atoms with Crippen molar-refractivity contribution in [2.24, 2.45) is 46.3 Å². The van der Waals surface area contributed by atoms with Gasteiger partial charge in [0.1, 0.15) is 12.7 Å². The Morgan fingerprint density at radius 2 is 1.34 bits per heavy atom. The molecule has 5 rings (SSSR count). The molecule has 5 aliphatic rings. The highest BCUT2D eigenvalue weighted by Gasteiger charge is 2.60. The first-order valence-electron chi connectivity index (χ1n) is 27.4. The van der Waals surface area contributed by atoms with E-state index < -0.39 is 48.6 Å². The van der Waals surface area contributed by atoms with Crippen molar-refractivity contribution in [2.45, 2.75) is 260 Å². The minimum atomic E-state index is -1.24. The third-order valence-corrected chi connectivity index (χ3v) is 17.1. The van der Waals surface area contributed by atoms with Crippen LogP contribution in [0.5, 0.6) is 0 Å². The summed E-state index contributed by atoms with van der Waals surface area (Å²) in [4.78, 5) is 50.8. The van der Waals surface area contributed by atoms with E-state index in [0.717, 1.165) is 81.5 Å². The molecule has 0 aromatic carbocycles. The number of hydrogen-bond acceptors (Lipinski definition) is 10. The number of ether oxygens (including phenoxy) is 6. The SMILES string of the molecule is CCCCCCCC/C=C\CCCCCCCC(=O)OC[C@H]1O[C@@H](O[C@H]2CC[C@@]3(C)C(=CC[C@H]4[C@@H]5CC[C@H]([C@H](C)CCCC(C)C)[C@@]5(C)CC[C@@H]43)C2)[C@H](OC(C)=O)[C@@H](OC(C)=O)[C@H]1OC(C)=O. The first-order valence-corrected chi connectivity index (χ1v) is 27.4. The van der Waals surface area contributed by atoms with Crippen LogP contribution in [0.4, 0.5) is 0 Å². The third-order valence-electron chi connectivity index (χ3n) is 17.1. The van der Waals surface area contributed by atoms with Crippen LogP contribution in [-0.4, -0.2) is 67.3 Å². The van der Waals surface area contributed by atoms with Gasteiger partial charge in [0.15, 0.2) is 24.6 Å². The summed E-state index contributed by atoms with van der Waals surface area (Å²) in [6, 6.07) is 0. The molecule has 0 bridgehead atoms. The zero-order chi connectivity index (χ0) is 48.6. The fraction of sp³-hybridized carbons (Fsp3) is 0.860. The summed E-state index contributed by atoms with van der Waals surface area (Å²) in [7, 11) is 0. The molecule has 1 heterocycles. The van der Waals surface area contributed by atoms with Crippen molar-refractivity contribution in [1.29, 1.82) is 0 Å². The van der Waals surface area contributed by atoms with Gasteiger partial charge in [0.25, 0.3) is 0 Å². The van der Waals surface area contributed by atoms with E-state index in [1.54, 1.807) is 0 Å². The molecule has 4 aliphatic carbocycles. The predicted octanol–water partition coefficient (Wildman–Crippen LogP) is 13.5. The van der Waals surface area contributed by atoms with Crippen LogP contribution in [0, 0.1) is 46.3 Å². The molecule has 1 aliphatic heterocycles. The molecule has 0 unspecified atom stereocenters. The van der Waals surface area contributed by atoms with E-state index in [-0.39, 0.29) is 30.5 Å². The maximum atomic E-state index is 13.1. The van der Waals surface area contributed by atoms with Gasteiger partial charge in [0.05, 0.1) is 6.10 Å². The highest BCUT2D eigenvalue weighted by molar-refractivity contribution is 5.69. The molecule has 382 valence electrons. The second kappa shape index (κ2) is 27.0. The summed E-state index contributed by atoms with van der Waals surface area (Å²) in [5, 5.41) is 0. The van der Waals surface area contributed by atoms with E-state index in [1.165, 1.54) is 116 Å². The van der Waals surface area contributed by atoms with Gasteiger partial charge in [0.2, 0.25) is 0 Å². The lowest BCUT2D eigenvalue weighted by Gasteiger charge is -2.58. The lowest BCUT2D eigenvalue weighted by Crippen LogP contribution is -2.63. The van der Waals surface area contributed by atoms with Crippen LogP contribution in [0.15, 0.2) is 23.8 Å². The summed E-state index contributed by atoms with van der Waals surface area (Å²) in [5.74, 6) is 2.19. The molecule has 10 nitrogen and oxygen atoms in total. The number of unbranched alkanes of at least 4 members (excludes halogenated alkanes) is 11. The molecule has 0 aromatic rings. The van der Waals surface area contributed by atoms with Crippen LogP contribution in [0.2, 0.25) is 0 Å². The van der Waals surface area contributed by atoms with E-state index in [1.807, 2.05) is 0 Å². The molecule has 0 spiro atoms. The standard InChI is InChI=1S/C57H94O10/c1-10-11-12-13-14-15-16-17-18-19-20-21-22-23-24-28-51(61)62-38-50-52(63-41(5)58)53(64-42(6)59)54(65-43(7)60)55(67-50)66-45-33-35-56(8)44(37-45)29-30-46-48-32-31-47(40(4)27-25-26-39(2)3)57(48,9)36-34-49(46)56/h17-18,29,39-40,45-50,52-55H,10-16,19-28,30-38H2,1-9H3/b18-17-/t40-,45+,46+,47-,48+,49+,50-,52+,53+,54-,55-,56+,57-/m1/s1. The predicted molar refractivity (Wildman–Crippen MR) is 264 cm³/mol. The Balaban J connectivity index is 1.17. The number of hydrogen-bond donors (Lipinski definition) is 0. The molecular formula is C57H94O10. The van der Waals surface area contributed by atoms with Crippen LogP contribution in [-0.2, 0) is 47.6 Å². The highest BCUT2D eigenvalue weighted by Crippen LogP contribution is 2.67. The Morgan fingerprint density at radius 3 is 2.00 bits per heavy atom. The van der Waals surface area contributed by atoms with Gasteiger partial charge in [-0.2, -0.15) is 0 Å². The zero-order valence-corrected chi connectivity index (χ0v) is 43.6. The topological polar surface area (TPSA) is 124 Å². The first-order chi connectivity index (χ1) is 32.1. The summed E-state index contributed by atoms with van der Waals surface area (Å²) < 4.78 is 36.4. The van der Waals surface area contributed by atoms with E-state index in [0.29, 0.717) is 23.7 Å². The maximum absolute atomic E-state index is 13.1. The summed E-state index contributed by atoms with van der Waals surface area (Å²) >= 11 is 0. The van der Waals surface area contributed by atoms with E-state index >= 15 is 0 Å². The summed E-state index contributed by atoms with van der Waals surface area (Å²) in [5.41, 5.74) is 1.96. The van der Waals surface area contributed by atoms with E-state index in [4.69, 9.17) is 28.4 Å². The van der Waals surface area contributed by atoms with Crippen LogP contribution >= 0.6 is 0 Å². The molecule has 13 atom stereocenters. The lowest BCUT2D eigenvalue weighted by molar-refractivity contribution is -0.318. The number of carbonyl (C=O) groups excluding carboxylic acids is 4. The minimum Gasteiger partial charge on any atom is -0.463 e. The Hall–Kier alpha value is -2.72. The van der Waals surface area contributed by atoms with Crippen molar-refractivity contribution in [1.82, 2.24) is 0 Å². The van der Waals surface area contributed by atoms with E-state index in [2.05, 4.69) is 59.8 Å². The Morgan fingerprint density at radius 1 is 0.716 bits per heavy atom. The molecular weight excluding hydrogens is 845 g/mol. The fourth-order valence-corrected chi connectivity index (χ4v) is 13.6. The van der Waals surface area contributed by atoms with Crippen LogP contribution in [0.3, 0.4) is 0 Å². The van der Waals surface area contributed by atoms with Crippen molar-refractivity contribution >= 4 is 23.9 Å². The number of allylic oxidation sites excluding steroid dienone is 3. The number of esters is 4. The third kappa shape index (κ3) is 15.6. The van der Waals surface area contributed by atoms with Gasteiger partial charge in [-0.05, 0) is 130 Å².